The maximum atomic E-state index is 11.2. The first kappa shape index (κ1) is 17.2. The van der Waals surface area contributed by atoms with Gasteiger partial charge >= 0.3 is 5.97 Å². The van der Waals surface area contributed by atoms with Crippen molar-refractivity contribution in [3.8, 4) is 5.00 Å². The molecule has 6 heteroatoms. The van der Waals surface area contributed by atoms with Gasteiger partial charge in [-0.25, -0.2) is 9.48 Å². The molecule has 0 bridgehead atoms. The molecule has 0 unspecified atom stereocenters. The molecule has 5 nitrogen and oxygen atoms in total. The molecular formula is C20H23N3O2S. The first-order valence-corrected chi connectivity index (χ1v) is 9.67. The summed E-state index contributed by atoms with van der Waals surface area (Å²) in [5, 5.41) is 18.8. The van der Waals surface area contributed by atoms with E-state index in [-0.39, 0.29) is 16.4 Å². The summed E-state index contributed by atoms with van der Waals surface area (Å²) < 4.78 is 1.87. The maximum absolute atomic E-state index is 11.2. The van der Waals surface area contributed by atoms with Crippen LogP contribution in [0.5, 0.6) is 0 Å². The van der Waals surface area contributed by atoms with Gasteiger partial charge in [0.15, 0.2) is 0 Å². The zero-order valence-corrected chi connectivity index (χ0v) is 16.6. The summed E-state index contributed by atoms with van der Waals surface area (Å²) in [7, 11) is 0. The van der Waals surface area contributed by atoms with E-state index in [1.165, 1.54) is 28.8 Å². The van der Waals surface area contributed by atoms with E-state index in [1.54, 1.807) is 29.5 Å². The number of aromatic nitrogens is 3. The molecule has 0 aliphatic heterocycles. The van der Waals surface area contributed by atoms with Crippen LogP contribution < -0.4 is 0 Å². The molecule has 0 spiro atoms. The predicted octanol–water partition coefficient (Wildman–Crippen LogP) is 4.84. The van der Waals surface area contributed by atoms with Crippen LogP contribution in [0.2, 0.25) is 0 Å². The molecule has 3 aromatic rings. The number of carbonyl (C=O) groups is 1. The van der Waals surface area contributed by atoms with Crippen LogP contribution in [0, 0.1) is 6.92 Å². The van der Waals surface area contributed by atoms with Crippen molar-refractivity contribution in [2.45, 2.75) is 58.3 Å². The molecule has 0 fully saturated rings. The third-order valence-corrected chi connectivity index (χ3v) is 7.31. The summed E-state index contributed by atoms with van der Waals surface area (Å²) in [4.78, 5) is 12.6. The Morgan fingerprint density at radius 3 is 2.54 bits per heavy atom. The summed E-state index contributed by atoms with van der Waals surface area (Å²) in [6, 6.07) is 4.99. The lowest BCUT2D eigenvalue weighted by molar-refractivity contribution is 0.0697. The molecule has 2 heterocycles. The Morgan fingerprint density at radius 2 is 1.88 bits per heavy atom. The fraction of sp³-hybridized carbons (Fsp3) is 0.450. The highest BCUT2D eigenvalue weighted by Gasteiger charge is 2.41. The van der Waals surface area contributed by atoms with E-state index in [0.717, 1.165) is 10.5 Å². The van der Waals surface area contributed by atoms with E-state index in [2.05, 4.69) is 44.9 Å². The summed E-state index contributed by atoms with van der Waals surface area (Å²) in [5.41, 5.74) is 4.69. The first-order valence-electron chi connectivity index (χ1n) is 8.85. The average Bonchev–Trinajstić information content (AvgIpc) is 3.13. The fourth-order valence-corrected chi connectivity index (χ4v) is 5.64. The van der Waals surface area contributed by atoms with Gasteiger partial charge < -0.3 is 5.11 Å². The van der Waals surface area contributed by atoms with Crippen LogP contribution in [0.4, 0.5) is 0 Å². The minimum absolute atomic E-state index is 0.149. The lowest BCUT2D eigenvalue weighted by atomic mass is 9.66. The van der Waals surface area contributed by atoms with Crippen molar-refractivity contribution in [1.29, 1.82) is 0 Å². The Labute approximate surface area is 156 Å². The average molecular weight is 369 g/mol. The van der Waals surface area contributed by atoms with Crippen LogP contribution in [0.1, 0.15) is 66.9 Å². The lowest BCUT2D eigenvalue weighted by Crippen LogP contribution is -2.32. The third-order valence-electron chi connectivity index (χ3n) is 5.67. The molecule has 1 aromatic carbocycles. The van der Waals surface area contributed by atoms with Gasteiger partial charge in [-0.05, 0) is 59.9 Å². The minimum atomic E-state index is -0.951. The smallest absolute Gasteiger partial charge is 0.335 e. The van der Waals surface area contributed by atoms with Gasteiger partial charge in [-0.2, -0.15) is 0 Å². The number of rotatable bonds is 2. The van der Waals surface area contributed by atoms with Crippen molar-refractivity contribution in [2.75, 3.05) is 0 Å². The van der Waals surface area contributed by atoms with Crippen LogP contribution in [-0.4, -0.2) is 26.1 Å². The zero-order valence-electron chi connectivity index (χ0n) is 15.8. The standard InChI is InChI=1S/C20H23N3O2S/c1-11-15-16(20(4,5)9-8-19(15,2)3)26-17(11)23-14-7-6-12(18(24)25)10-13(14)21-22-23/h6-7,10H,8-9H2,1-5H3,(H,24,25). The lowest BCUT2D eigenvalue weighted by Gasteiger charge is -2.39. The van der Waals surface area contributed by atoms with Crippen LogP contribution in [0.15, 0.2) is 18.2 Å². The SMILES string of the molecule is Cc1c(-n2nnc3cc(C(=O)O)ccc32)sc2c1C(C)(C)CCC2(C)C. The van der Waals surface area contributed by atoms with Gasteiger partial charge in [-0.15, -0.1) is 16.4 Å². The molecule has 0 saturated heterocycles. The maximum Gasteiger partial charge on any atom is 0.335 e. The van der Waals surface area contributed by atoms with Crippen LogP contribution in [0.3, 0.4) is 0 Å². The van der Waals surface area contributed by atoms with Crippen molar-refractivity contribution in [2.24, 2.45) is 0 Å². The highest BCUT2D eigenvalue weighted by Crippen LogP contribution is 2.52. The number of carboxylic acids is 1. The van der Waals surface area contributed by atoms with Gasteiger partial charge in [0.25, 0.3) is 0 Å². The highest BCUT2D eigenvalue weighted by atomic mass is 32.1. The van der Waals surface area contributed by atoms with E-state index >= 15 is 0 Å². The Balaban J connectivity index is 1.94. The van der Waals surface area contributed by atoms with Crippen molar-refractivity contribution in [1.82, 2.24) is 15.0 Å². The molecule has 0 atom stereocenters. The second-order valence-corrected chi connectivity index (χ2v) is 9.51. The second-order valence-electron chi connectivity index (χ2n) is 8.51. The predicted molar refractivity (Wildman–Crippen MR) is 104 cm³/mol. The number of carboxylic acid groups (broad SMARTS) is 1. The van der Waals surface area contributed by atoms with E-state index in [0.29, 0.717) is 5.52 Å². The molecule has 26 heavy (non-hydrogen) atoms. The Hall–Kier alpha value is -2.21. The molecule has 1 N–H and O–H groups in total. The van der Waals surface area contributed by atoms with Crippen LogP contribution in [-0.2, 0) is 10.8 Å². The number of aromatic carboxylic acids is 1. The summed E-state index contributed by atoms with van der Waals surface area (Å²) >= 11 is 1.80. The van der Waals surface area contributed by atoms with Crippen LogP contribution >= 0.6 is 11.3 Å². The molecule has 0 radical (unpaired) electrons. The van der Waals surface area contributed by atoms with E-state index in [4.69, 9.17) is 0 Å². The first-order chi connectivity index (χ1) is 12.1. The molecule has 2 aromatic heterocycles. The van der Waals surface area contributed by atoms with E-state index in [1.807, 2.05) is 4.68 Å². The number of benzene rings is 1. The topological polar surface area (TPSA) is 68.0 Å². The van der Waals surface area contributed by atoms with E-state index < -0.39 is 5.97 Å². The molecule has 136 valence electrons. The molecule has 4 rings (SSSR count). The number of hydrogen-bond acceptors (Lipinski definition) is 4. The van der Waals surface area contributed by atoms with Gasteiger partial charge in [0, 0.05) is 4.88 Å². The van der Waals surface area contributed by atoms with E-state index in [9.17, 15) is 9.90 Å². The number of thiophene rings is 1. The van der Waals surface area contributed by atoms with Crippen molar-refractivity contribution in [3.63, 3.8) is 0 Å². The zero-order chi connectivity index (χ0) is 18.9. The molecule has 1 aliphatic rings. The molecule has 0 saturated carbocycles. The Bertz CT molecular complexity index is 1040. The summed E-state index contributed by atoms with van der Waals surface area (Å²) in [5.74, 6) is -0.951. The van der Waals surface area contributed by atoms with Gasteiger partial charge in [0.2, 0.25) is 0 Å². The van der Waals surface area contributed by atoms with Crippen molar-refractivity contribution >= 4 is 28.3 Å². The van der Waals surface area contributed by atoms with Gasteiger partial charge in [0.05, 0.1) is 11.1 Å². The quantitative estimate of drug-likeness (QED) is 0.702. The summed E-state index contributed by atoms with van der Waals surface area (Å²) in [6.45, 7) is 11.5. The van der Waals surface area contributed by atoms with Gasteiger partial charge in [-0.3, -0.25) is 0 Å². The largest absolute Gasteiger partial charge is 0.478 e. The number of fused-ring (bicyclic) bond motifs is 2. The summed E-state index contributed by atoms with van der Waals surface area (Å²) in [6.07, 6.45) is 2.34. The second kappa shape index (κ2) is 5.39. The minimum Gasteiger partial charge on any atom is -0.478 e. The van der Waals surface area contributed by atoms with Gasteiger partial charge in [0.1, 0.15) is 10.5 Å². The highest BCUT2D eigenvalue weighted by molar-refractivity contribution is 7.15. The third kappa shape index (κ3) is 2.39. The van der Waals surface area contributed by atoms with Gasteiger partial charge in [-0.1, -0.05) is 32.9 Å². The monoisotopic (exact) mass is 369 g/mol. The molecule has 1 aliphatic carbocycles. The number of nitrogens with zero attached hydrogens (tertiary/aromatic N) is 3. The molecule has 0 amide bonds. The van der Waals surface area contributed by atoms with Crippen molar-refractivity contribution < 1.29 is 9.90 Å². The fourth-order valence-electron chi connectivity index (χ4n) is 4.07. The number of hydrogen-bond donors (Lipinski definition) is 1. The Morgan fingerprint density at radius 1 is 1.19 bits per heavy atom. The van der Waals surface area contributed by atoms with Crippen LogP contribution in [0.25, 0.3) is 16.0 Å². The molecular weight excluding hydrogens is 346 g/mol. The Kier molecular flexibility index (Phi) is 3.57. The normalized spacial score (nSPS) is 18.0. The van der Waals surface area contributed by atoms with Crippen molar-refractivity contribution in [3.05, 3.63) is 39.8 Å².